The van der Waals surface area contributed by atoms with Gasteiger partial charge in [-0.1, -0.05) is 36.5 Å². The minimum Gasteiger partial charge on any atom is -0.504 e. The minimum atomic E-state index is -2.04. The number of benzene rings is 3. The van der Waals surface area contributed by atoms with Crippen LogP contribution in [0.1, 0.15) is 81.1 Å². The molecule has 1 aromatic heterocycles. The predicted molar refractivity (Wildman–Crippen MR) is 358 cm³/mol. The Kier molecular flexibility index (Phi) is 30.2. The minimum absolute atomic E-state index is 0. The van der Waals surface area contributed by atoms with Gasteiger partial charge in [-0.15, -0.1) is 35.0 Å². The zero-order valence-corrected chi connectivity index (χ0v) is 56.4. The van der Waals surface area contributed by atoms with Gasteiger partial charge in [-0.25, -0.2) is 0 Å². The topological polar surface area (TPSA) is 436 Å². The first kappa shape index (κ1) is 78.1. The second-order valence-corrected chi connectivity index (χ2v) is 25.6. The highest BCUT2D eigenvalue weighted by Crippen LogP contribution is 2.34. The Labute approximate surface area is 573 Å². The highest BCUT2D eigenvalue weighted by Gasteiger charge is 2.50. The Morgan fingerprint density at radius 2 is 1.36 bits per heavy atom. The maximum atomic E-state index is 14.7. The van der Waals surface area contributed by atoms with E-state index >= 15 is 0 Å². The molecule has 4 aromatic rings. The van der Waals surface area contributed by atoms with Crippen molar-refractivity contribution < 1.29 is 83.5 Å². The van der Waals surface area contributed by atoms with Crippen molar-refractivity contribution in [2.75, 3.05) is 84.3 Å². The number of anilines is 1. The van der Waals surface area contributed by atoms with Crippen molar-refractivity contribution in [1.29, 1.82) is 0 Å². The summed E-state index contributed by atoms with van der Waals surface area (Å²) in [5.74, 6) is -8.12. The number of phenolic OH excluding ortho intramolecular Hbond substituents is 1. The number of aliphatic hydroxyl groups is 6. The molecule has 32 heteroatoms. The number of unbranched alkanes of at least 4 members (excludes halogenated alkanes) is 2. The number of phenols is 1. The van der Waals surface area contributed by atoms with Gasteiger partial charge in [0.2, 0.25) is 35.4 Å². The summed E-state index contributed by atoms with van der Waals surface area (Å²) in [7, 11) is 1.71. The van der Waals surface area contributed by atoms with Crippen molar-refractivity contribution >= 4 is 83.2 Å². The molecule has 13 atom stereocenters. The molecule has 4 aliphatic rings. The number of halogens is 2. The monoisotopic (exact) mass is 1400 g/mol. The predicted octanol–water partition coefficient (Wildman–Crippen LogP) is -0.894. The summed E-state index contributed by atoms with van der Waals surface area (Å²) < 4.78 is 16.6. The van der Waals surface area contributed by atoms with E-state index < -0.39 is 152 Å². The average molecular weight is 1400 g/mol. The van der Waals surface area contributed by atoms with Crippen molar-refractivity contribution in [3.8, 4) is 32.6 Å². The number of rotatable bonds is 23. The van der Waals surface area contributed by atoms with Gasteiger partial charge in [0.05, 0.1) is 36.6 Å². The Hall–Kier alpha value is -6.91. The molecular weight excluding hydrogens is 1310 g/mol. The number of nitrogens with zero attached hydrogens (tertiary/aromatic N) is 5. The van der Waals surface area contributed by atoms with E-state index in [9.17, 15) is 69.3 Å². The van der Waals surface area contributed by atoms with Gasteiger partial charge in [-0.2, -0.15) is 0 Å². The van der Waals surface area contributed by atoms with Crippen LogP contribution in [-0.2, 0) is 44.7 Å². The summed E-state index contributed by atoms with van der Waals surface area (Å²) in [6.45, 7) is 5.23. The third-order valence-electron chi connectivity index (χ3n) is 17.5. The highest BCUT2D eigenvalue weighted by atomic mass is 35.5. The van der Waals surface area contributed by atoms with Gasteiger partial charge >= 0.3 is 0 Å². The molecule has 530 valence electrons. The molecule has 7 amide bonds. The van der Waals surface area contributed by atoms with E-state index in [4.69, 9.17) is 25.7 Å². The van der Waals surface area contributed by atoms with Crippen LogP contribution in [0.25, 0.3) is 21.1 Å². The lowest BCUT2D eigenvalue weighted by atomic mass is 9.97. The lowest BCUT2D eigenvalue weighted by molar-refractivity contribution is -0.147. The quantitative estimate of drug-likeness (QED) is 0.0400. The Morgan fingerprint density at radius 3 is 2.01 bits per heavy atom. The Bertz CT molecular complexity index is 3210. The van der Waals surface area contributed by atoms with Crippen molar-refractivity contribution in [2.24, 2.45) is 23.3 Å². The fourth-order valence-electron chi connectivity index (χ4n) is 12.1. The fraction of sp³-hybridized carbons (Fsp3) is 0.578. The van der Waals surface area contributed by atoms with Crippen LogP contribution in [0, 0.1) is 11.8 Å². The molecule has 0 aliphatic carbocycles. The number of fused-ring (bicyclic) bond motifs is 2. The van der Waals surface area contributed by atoms with Crippen molar-refractivity contribution in [3.05, 3.63) is 77.9 Å². The smallest absolute Gasteiger partial charge is 0.251 e. The summed E-state index contributed by atoms with van der Waals surface area (Å²) in [6.07, 6.45) is -6.61. The third kappa shape index (κ3) is 20.4. The second-order valence-electron chi connectivity index (χ2n) is 24.6. The number of nitrogens with one attached hydrogen (secondary N) is 5. The number of aromatic hydroxyl groups is 1. The highest BCUT2D eigenvalue weighted by molar-refractivity contribution is 7.17. The van der Waals surface area contributed by atoms with E-state index in [0.29, 0.717) is 21.5 Å². The number of β-amino-alcohol motifs (C(OH)–C–C–N with tert-alkyl or cyclic N) is 1. The van der Waals surface area contributed by atoms with Crippen LogP contribution in [-0.4, -0.2) is 249 Å². The molecule has 4 aliphatic heterocycles. The number of aromatic nitrogens is 2. The van der Waals surface area contributed by atoms with E-state index in [1.54, 1.807) is 19.2 Å². The van der Waals surface area contributed by atoms with Crippen LogP contribution in [0.5, 0.6) is 11.5 Å². The largest absolute Gasteiger partial charge is 0.504 e. The summed E-state index contributed by atoms with van der Waals surface area (Å²) in [6, 6.07) is 7.41. The van der Waals surface area contributed by atoms with Crippen LogP contribution >= 0.6 is 36.2 Å². The van der Waals surface area contributed by atoms with Gasteiger partial charge in [-0.05, 0) is 112 Å². The van der Waals surface area contributed by atoms with Gasteiger partial charge < -0.3 is 103 Å². The SMILES string of the molecule is COCCCCCOCC1CCN(c2ccc(-c3nnc(-c4ccc(C(=O)N[C@H]5C[C@@H](O)CNC(=O)[C@@H]6[C@@H](O)[C@@H](C)CN6C(=O)[C@H]([C@H](O)CCN)NC(=O)[C@H]([C@H](O)Cc6ccc(O)c(OCCN)c6)NC(=O)[C@@H]6C[C@@H](O)CN6C(=O)[C@H]([C@@H](C)O)NC5=O)cc4)s3)cc2)CC1.Cl.Cl. The number of hydrogen-bond donors (Lipinski definition) is 14. The average Bonchev–Trinajstić information content (AvgIpc) is 1.62. The fourth-order valence-corrected chi connectivity index (χ4v) is 13.0. The Balaban J connectivity index is 0.00000729. The number of hydrogen-bond acceptors (Lipinski definition) is 23. The number of amides is 7. The molecule has 0 unspecified atom stereocenters. The number of nitrogens with two attached hydrogens (primary N) is 2. The summed E-state index contributed by atoms with van der Waals surface area (Å²) in [5, 5.41) is 102. The van der Waals surface area contributed by atoms with Gasteiger partial charge in [0.1, 0.15) is 52.9 Å². The van der Waals surface area contributed by atoms with Gasteiger partial charge in [0.25, 0.3) is 5.91 Å². The van der Waals surface area contributed by atoms with Crippen LogP contribution < -0.4 is 47.7 Å². The van der Waals surface area contributed by atoms with E-state index in [1.807, 2.05) is 12.1 Å². The molecule has 3 aromatic carbocycles. The van der Waals surface area contributed by atoms with Crippen LogP contribution in [0.4, 0.5) is 5.69 Å². The number of aliphatic hydroxyl groups excluding tert-OH is 6. The molecule has 16 N–H and O–H groups in total. The number of piperidine rings is 1. The summed E-state index contributed by atoms with van der Waals surface area (Å²) >= 11 is 1.34. The maximum Gasteiger partial charge on any atom is 0.251 e. The van der Waals surface area contributed by atoms with Crippen LogP contribution in [0.2, 0.25) is 0 Å². The van der Waals surface area contributed by atoms with Gasteiger partial charge in [-0.3, -0.25) is 33.6 Å². The van der Waals surface area contributed by atoms with E-state index in [-0.39, 0.29) is 80.1 Å². The second kappa shape index (κ2) is 37.2. The van der Waals surface area contributed by atoms with E-state index in [1.165, 1.54) is 48.6 Å². The summed E-state index contributed by atoms with van der Waals surface area (Å²) in [5.41, 5.74) is 14.3. The zero-order chi connectivity index (χ0) is 67.8. The van der Waals surface area contributed by atoms with Gasteiger partial charge in [0, 0.05) is 114 Å². The van der Waals surface area contributed by atoms with E-state index in [2.05, 4.69) is 53.8 Å². The molecule has 0 spiro atoms. The molecule has 4 fully saturated rings. The maximum absolute atomic E-state index is 14.7. The number of methoxy groups -OCH3 is 1. The molecule has 0 bridgehead atoms. The molecular formula is C64H92Cl2N12O17S. The van der Waals surface area contributed by atoms with Crippen LogP contribution in [0.3, 0.4) is 0 Å². The molecule has 0 radical (unpaired) electrons. The first-order valence-corrected chi connectivity index (χ1v) is 32.8. The summed E-state index contributed by atoms with van der Waals surface area (Å²) in [4.78, 5) is 106. The lowest BCUT2D eigenvalue weighted by Gasteiger charge is -2.34. The number of carbonyl (C=O) groups is 7. The van der Waals surface area contributed by atoms with E-state index in [0.717, 1.165) is 93.0 Å². The first-order valence-electron chi connectivity index (χ1n) is 32.0. The molecule has 5 heterocycles. The molecule has 4 saturated heterocycles. The first-order chi connectivity index (χ1) is 45.1. The number of ether oxygens (including phenoxy) is 3. The van der Waals surface area contributed by atoms with Crippen LogP contribution in [0.15, 0.2) is 66.7 Å². The third-order valence-corrected chi connectivity index (χ3v) is 18.5. The standard InChI is InChI=1S/C64H90N12O17S.2ClH/c1-35-32-76-54(55(35)83)60(88)67-31-43(78)29-45(68-56(84)39-8-10-40(11-9-39)61-72-73-62(94-61)41-12-14-42(15-13-41)74-22-18-37(19-23-74)34-92-25-6-4-5-24-91-3)57(85)69-51(36(2)77)63(89)75-33-44(79)30-46(75)58(86)70-52(59(87)71-53(64(76)90)48(81)17-20-65)49(82)27-38-7-16-47(80)50(28-38)93-26-21-66;;/h7-16,28,35-37,43-46,48-49,51-55,77-83H,4-6,17-27,29-34,65-66H2,1-3H3,(H,67,88)(H,68,84)(H,69,85)(H,70,86)(H,71,87);2*1H/t35-,36+,43+,44+,45-,46-,48+,49+,51-,52-,53-,54-,55-;;/m0../s1. The normalized spacial score (nSPS) is 25.1. The van der Waals surface area contributed by atoms with Gasteiger partial charge in [0.15, 0.2) is 11.5 Å². The molecule has 96 heavy (non-hydrogen) atoms. The molecule has 0 saturated carbocycles. The Morgan fingerprint density at radius 1 is 0.729 bits per heavy atom. The number of carbonyl (C=O) groups excluding carboxylic acids is 7. The zero-order valence-electron chi connectivity index (χ0n) is 53.9. The van der Waals surface area contributed by atoms with Crippen molar-refractivity contribution in [2.45, 2.75) is 145 Å². The van der Waals surface area contributed by atoms with Crippen molar-refractivity contribution in [1.82, 2.24) is 46.6 Å². The molecule has 8 rings (SSSR count). The lowest BCUT2D eigenvalue weighted by Crippen LogP contribution is -2.64. The molecule has 29 nitrogen and oxygen atoms in total. The van der Waals surface area contributed by atoms with Crippen molar-refractivity contribution in [3.63, 3.8) is 0 Å².